The molecule has 2 aliphatic rings. The maximum absolute atomic E-state index is 13.1. The lowest BCUT2D eigenvalue weighted by Crippen LogP contribution is -2.49. The van der Waals surface area contributed by atoms with E-state index in [0.717, 1.165) is 38.4 Å². The molecular weight excluding hydrogens is 354 g/mol. The fraction of sp³-hybridized carbons (Fsp3) is 0.550. The largest absolute Gasteiger partial charge is 0.356 e. The fourth-order valence-electron chi connectivity index (χ4n) is 3.95. The second-order valence-electron chi connectivity index (χ2n) is 7.68. The van der Waals surface area contributed by atoms with Gasteiger partial charge in [0.2, 0.25) is 5.95 Å². The van der Waals surface area contributed by atoms with E-state index in [2.05, 4.69) is 36.7 Å². The van der Waals surface area contributed by atoms with Crippen LogP contribution in [0.1, 0.15) is 36.1 Å². The Bertz CT molecular complexity index is 821. The van der Waals surface area contributed by atoms with E-state index in [9.17, 15) is 4.79 Å². The maximum Gasteiger partial charge on any atom is 0.272 e. The van der Waals surface area contributed by atoms with Gasteiger partial charge in [-0.25, -0.2) is 19.9 Å². The number of amides is 1. The molecule has 0 radical (unpaired) electrons. The lowest BCUT2D eigenvalue weighted by Gasteiger charge is -2.35. The molecule has 0 aromatic carbocycles. The van der Waals surface area contributed by atoms with Gasteiger partial charge in [-0.1, -0.05) is 6.92 Å². The van der Waals surface area contributed by atoms with Gasteiger partial charge in [-0.3, -0.25) is 4.79 Å². The second-order valence-corrected chi connectivity index (χ2v) is 7.68. The van der Waals surface area contributed by atoms with Crippen molar-refractivity contribution in [3.8, 4) is 0 Å². The van der Waals surface area contributed by atoms with Crippen LogP contribution in [-0.4, -0.2) is 70.0 Å². The number of carbonyl (C=O) groups excluding carboxylic acids is 1. The Morgan fingerprint density at radius 1 is 1.04 bits per heavy atom. The summed E-state index contributed by atoms with van der Waals surface area (Å²) in [7, 11) is 0. The third-order valence-corrected chi connectivity index (χ3v) is 5.43. The minimum atomic E-state index is -0.0227. The molecule has 4 rings (SSSR count). The van der Waals surface area contributed by atoms with Crippen molar-refractivity contribution in [2.75, 3.05) is 49.1 Å². The normalized spacial score (nSPS) is 20.4. The van der Waals surface area contributed by atoms with Crippen LogP contribution < -0.4 is 9.80 Å². The van der Waals surface area contributed by atoms with E-state index >= 15 is 0 Å². The number of aromatic nitrogens is 4. The van der Waals surface area contributed by atoms with Gasteiger partial charge in [0, 0.05) is 57.7 Å². The highest BCUT2D eigenvalue weighted by Gasteiger charge is 2.26. The van der Waals surface area contributed by atoms with Crippen LogP contribution in [0.5, 0.6) is 0 Å². The Hall–Kier alpha value is -2.77. The zero-order valence-corrected chi connectivity index (χ0v) is 16.6. The van der Waals surface area contributed by atoms with Gasteiger partial charge < -0.3 is 14.7 Å². The maximum atomic E-state index is 13.1. The summed E-state index contributed by atoms with van der Waals surface area (Å²) < 4.78 is 0. The van der Waals surface area contributed by atoms with Gasteiger partial charge in [-0.15, -0.1) is 0 Å². The molecule has 0 N–H and O–H groups in total. The van der Waals surface area contributed by atoms with E-state index in [1.807, 2.05) is 17.9 Å². The van der Waals surface area contributed by atoms with Crippen molar-refractivity contribution >= 4 is 17.7 Å². The minimum absolute atomic E-state index is 0.0227. The Balaban J connectivity index is 1.45. The van der Waals surface area contributed by atoms with Crippen molar-refractivity contribution in [1.82, 2.24) is 24.8 Å². The molecule has 2 fully saturated rings. The molecule has 0 spiro atoms. The molecule has 8 heteroatoms. The van der Waals surface area contributed by atoms with E-state index < -0.39 is 0 Å². The standard InChI is InChI=1S/C20H27N7O/c1-15-5-3-8-27(14-15)18-13-17(23-16(2)24-18)19(28)25-9-11-26(12-10-25)20-21-6-4-7-22-20/h4,6-7,13,15H,3,5,8-12,14H2,1-2H3. The molecule has 2 saturated heterocycles. The zero-order chi connectivity index (χ0) is 19.5. The number of hydrogen-bond acceptors (Lipinski definition) is 7. The molecule has 1 amide bonds. The molecular formula is C20H27N7O. The molecule has 28 heavy (non-hydrogen) atoms. The first kappa shape index (κ1) is 18.6. The summed E-state index contributed by atoms with van der Waals surface area (Å²) in [5, 5.41) is 0. The number of rotatable bonds is 3. The summed E-state index contributed by atoms with van der Waals surface area (Å²) >= 11 is 0. The third-order valence-electron chi connectivity index (χ3n) is 5.43. The number of carbonyl (C=O) groups is 1. The summed E-state index contributed by atoms with van der Waals surface area (Å²) in [6, 6.07) is 3.67. The minimum Gasteiger partial charge on any atom is -0.356 e. The van der Waals surface area contributed by atoms with E-state index in [4.69, 9.17) is 0 Å². The van der Waals surface area contributed by atoms with Crippen molar-refractivity contribution in [3.05, 3.63) is 36.0 Å². The second kappa shape index (κ2) is 8.08. The van der Waals surface area contributed by atoms with E-state index in [1.54, 1.807) is 18.5 Å². The number of anilines is 2. The van der Waals surface area contributed by atoms with Gasteiger partial charge >= 0.3 is 0 Å². The van der Waals surface area contributed by atoms with Crippen LogP contribution >= 0.6 is 0 Å². The lowest BCUT2D eigenvalue weighted by molar-refractivity contribution is 0.0740. The molecule has 2 aromatic heterocycles. The van der Waals surface area contributed by atoms with Gasteiger partial charge in [0.05, 0.1) is 0 Å². The van der Waals surface area contributed by atoms with Gasteiger partial charge in [0.15, 0.2) is 0 Å². The highest BCUT2D eigenvalue weighted by molar-refractivity contribution is 5.93. The summed E-state index contributed by atoms with van der Waals surface area (Å²) in [5.74, 6) is 2.87. The predicted molar refractivity (Wildman–Crippen MR) is 108 cm³/mol. The number of piperidine rings is 1. The van der Waals surface area contributed by atoms with Crippen molar-refractivity contribution < 1.29 is 4.79 Å². The average Bonchev–Trinajstić information content (AvgIpc) is 2.73. The van der Waals surface area contributed by atoms with Crippen LogP contribution in [0.15, 0.2) is 24.5 Å². The summed E-state index contributed by atoms with van der Waals surface area (Å²) in [6.07, 6.45) is 5.90. The van der Waals surface area contributed by atoms with Crippen molar-refractivity contribution in [2.24, 2.45) is 5.92 Å². The van der Waals surface area contributed by atoms with Gasteiger partial charge in [-0.05, 0) is 31.7 Å². The van der Waals surface area contributed by atoms with Gasteiger partial charge in [0.1, 0.15) is 17.3 Å². The SMILES string of the molecule is Cc1nc(C(=O)N2CCN(c3ncccn3)CC2)cc(N2CCCC(C)C2)n1. The predicted octanol–water partition coefficient (Wildman–Crippen LogP) is 1.77. The number of hydrogen-bond donors (Lipinski definition) is 0. The van der Waals surface area contributed by atoms with Crippen molar-refractivity contribution in [2.45, 2.75) is 26.7 Å². The smallest absolute Gasteiger partial charge is 0.272 e. The quantitative estimate of drug-likeness (QED) is 0.802. The fourth-order valence-corrected chi connectivity index (χ4v) is 3.95. The molecule has 2 aromatic rings. The highest BCUT2D eigenvalue weighted by Crippen LogP contribution is 2.22. The molecule has 1 atom stereocenters. The molecule has 0 saturated carbocycles. The number of piperazine rings is 1. The number of nitrogens with zero attached hydrogens (tertiary/aromatic N) is 7. The molecule has 4 heterocycles. The lowest BCUT2D eigenvalue weighted by atomic mass is 10.0. The Labute approximate surface area is 165 Å². The van der Waals surface area contributed by atoms with Crippen LogP contribution in [0, 0.1) is 12.8 Å². The average molecular weight is 381 g/mol. The van der Waals surface area contributed by atoms with Crippen LogP contribution in [0.3, 0.4) is 0 Å². The van der Waals surface area contributed by atoms with Gasteiger partial charge in [0.25, 0.3) is 5.91 Å². The zero-order valence-electron chi connectivity index (χ0n) is 16.6. The van der Waals surface area contributed by atoms with Crippen LogP contribution in [0.2, 0.25) is 0 Å². The topological polar surface area (TPSA) is 78.4 Å². The van der Waals surface area contributed by atoms with Crippen LogP contribution in [0.4, 0.5) is 11.8 Å². The third kappa shape index (κ3) is 4.05. The highest BCUT2D eigenvalue weighted by atomic mass is 16.2. The van der Waals surface area contributed by atoms with Crippen LogP contribution in [0.25, 0.3) is 0 Å². The van der Waals surface area contributed by atoms with E-state index in [0.29, 0.717) is 36.5 Å². The molecule has 2 aliphatic heterocycles. The monoisotopic (exact) mass is 381 g/mol. The first-order chi connectivity index (χ1) is 13.6. The van der Waals surface area contributed by atoms with Crippen molar-refractivity contribution in [1.29, 1.82) is 0 Å². The molecule has 8 nitrogen and oxygen atoms in total. The Morgan fingerprint density at radius 3 is 2.50 bits per heavy atom. The summed E-state index contributed by atoms with van der Waals surface area (Å²) in [5.41, 5.74) is 0.491. The first-order valence-electron chi connectivity index (χ1n) is 10.0. The van der Waals surface area contributed by atoms with Crippen molar-refractivity contribution in [3.63, 3.8) is 0 Å². The molecule has 0 aliphatic carbocycles. The summed E-state index contributed by atoms with van der Waals surface area (Å²) in [6.45, 7) is 8.81. The summed E-state index contributed by atoms with van der Waals surface area (Å²) in [4.78, 5) is 36.9. The molecule has 1 unspecified atom stereocenters. The Kier molecular flexibility index (Phi) is 5.36. The van der Waals surface area contributed by atoms with E-state index in [-0.39, 0.29) is 5.91 Å². The molecule has 148 valence electrons. The number of aryl methyl sites for hydroxylation is 1. The first-order valence-corrected chi connectivity index (χ1v) is 10.0. The molecule has 0 bridgehead atoms. The van der Waals surface area contributed by atoms with Gasteiger partial charge in [-0.2, -0.15) is 0 Å². The van der Waals surface area contributed by atoms with E-state index in [1.165, 1.54) is 6.42 Å². The van der Waals surface area contributed by atoms with Crippen LogP contribution in [-0.2, 0) is 0 Å². The Morgan fingerprint density at radius 2 is 1.79 bits per heavy atom.